The molecule has 1 saturated heterocycles. The third kappa shape index (κ3) is 5.94. The van der Waals surface area contributed by atoms with E-state index in [2.05, 4.69) is 10.6 Å². The molecule has 0 saturated carbocycles. The van der Waals surface area contributed by atoms with Crippen LogP contribution < -0.4 is 10.6 Å². The highest BCUT2D eigenvalue weighted by atomic mass is 35.5. The van der Waals surface area contributed by atoms with Gasteiger partial charge in [-0.25, -0.2) is 8.42 Å². The molecule has 1 aliphatic rings. The number of carbonyl (C=O) groups is 1. The lowest BCUT2D eigenvalue weighted by molar-refractivity contribution is -0.121. The van der Waals surface area contributed by atoms with Crippen LogP contribution in [0.2, 0.25) is 0 Å². The average molecular weight is 347 g/mol. The van der Waals surface area contributed by atoms with Crippen LogP contribution in [0.3, 0.4) is 0 Å². The van der Waals surface area contributed by atoms with Crippen LogP contribution in [0, 0.1) is 0 Å². The highest BCUT2D eigenvalue weighted by Crippen LogP contribution is 2.11. The molecule has 1 heterocycles. The zero-order valence-electron chi connectivity index (χ0n) is 12.5. The Kier molecular flexibility index (Phi) is 7.85. The Morgan fingerprint density at radius 3 is 2.64 bits per heavy atom. The van der Waals surface area contributed by atoms with Crippen molar-refractivity contribution in [1.29, 1.82) is 0 Å². The van der Waals surface area contributed by atoms with Gasteiger partial charge in [-0.3, -0.25) is 4.79 Å². The van der Waals surface area contributed by atoms with Gasteiger partial charge in [-0.15, -0.1) is 12.4 Å². The highest BCUT2D eigenvalue weighted by Gasteiger charge is 2.17. The number of amides is 1. The van der Waals surface area contributed by atoms with Crippen molar-refractivity contribution in [3.05, 3.63) is 30.3 Å². The molecular formula is C15H23ClN2O3S. The summed E-state index contributed by atoms with van der Waals surface area (Å²) in [6.45, 7) is 1.38. The molecule has 0 aliphatic carbocycles. The van der Waals surface area contributed by atoms with Crippen molar-refractivity contribution in [2.75, 3.05) is 18.8 Å². The number of sulfone groups is 1. The van der Waals surface area contributed by atoms with E-state index in [1.54, 1.807) is 30.3 Å². The largest absolute Gasteiger partial charge is 0.356 e. The molecule has 1 fully saturated rings. The van der Waals surface area contributed by atoms with Crippen molar-refractivity contribution in [2.45, 2.75) is 36.6 Å². The van der Waals surface area contributed by atoms with Crippen molar-refractivity contribution < 1.29 is 13.2 Å². The lowest BCUT2D eigenvalue weighted by Crippen LogP contribution is -2.32. The summed E-state index contributed by atoms with van der Waals surface area (Å²) in [5, 5.41) is 6.06. The van der Waals surface area contributed by atoms with E-state index in [-0.39, 0.29) is 30.1 Å². The Hall–Kier alpha value is -1.11. The van der Waals surface area contributed by atoms with Gasteiger partial charge in [-0.1, -0.05) is 18.2 Å². The third-order valence-corrected chi connectivity index (χ3v) is 5.43. The maximum Gasteiger partial charge on any atom is 0.221 e. The van der Waals surface area contributed by atoms with Gasteiger partial charge >= 0.3 is 0 Å². The molecule has 0 aromatic heterocycles. The van der Waals surface area contributed by atoms with E-state index in [1.165, 1.54) is 0 Å². The van der Waals surface area contributed by atoms with E-state index in [0.29, 0.717) is 24.3 Å². The third-order valence-electron chi connectivity index (χ3n) is 3.61. The smallest absolute Gasteiger partial charge is 0.221 e. The maximum absolute atomic E-state index is 12.0. The zero-order valence-corrected chi connectivity index (χ0v) is 14.1. The first-order chi connectivity index (χ1) is 10.1. The summed E-state index contributed by atoms with van der Waals surface area (Å²) in [7, 11) is -3.24. The molecule has 0 radical (unpaired) electrons. The lowest BCUT2D eigenvalue weighted by Gasteiger charge is -2.10. The Labute approximate surface area is 138 Å². The van der Waals surface area contributed by atoms with Gasteiger partial charge < -0.3 is 10.6 Å². The zero-order chi connectivity index (χ0) is 15.1. The van der Waals surface area contributed by atoms with E-state index in [0.717, 1.165) is 19.4 Å². The SMILES string of the molecule is Cl.O=C(CC1CCCN1)NCCCS(=O)(=O)c1ccccc1. The van der Waals surface area contributed by atoms with Crippen molar-refractivity contribution in [3.8, 4) is 0 Å². The molecule has 2 rings (SSSR count). The topological polar surface area (TPSA) is 75.3 Å². The van der Waals surface area contributed by atoms with E-state index in [1.807, 2.05) is 0 Å². The molecule has 7 heteroatoms. The molecular weight excluding hydrogens is 324 g/mol. The van der Waals surface area contributed by atoms with Crippen LogP contribution in [0.5, 0.6) is 0 Å². The number of benzene rings is 1. The standard InChI is InChI=1S/C15H22N2O3S.ClH/c18-15(12-13-6-4-9-16-13)17-10-5-11-21(19,20)14-7-2-1-3-8-14;/h1-3,7-8,13,16H,4-6,9-12H2,(H,17,18);1H. The van der Waals surface area contributed by atoms with E-state index in [4.69, 9.17) is 0 Å². The van der Waals surface area contributed by atoms with Crippen LogP contribution in [0.15, 0.2) is 35.2 Å². The molecule has 0 bridgehead atoms. The minimum atomic E-state index is -3.24. The predicted octanol–water partition coefficient (Wildman–Crippen LogP) is 1.53. The van der Waals surface area contributed by atoms with E-state index in [9.17, 15) is 13.2 Å². The van der Waals surface area contributed by atoms with Gasteiger partial charge in [-0.05, 0) is 37.9 Å². The molecule has 0 spiro atoms. The van der Waals surface area contributed by atoms with Crippen LogP contribution in [-0.2, 0) is 14.6 Å². The Morgan fingerprint density at radius 2 is 2.00 bits per heavy atom. The summed E-state index contributed by atoms with van der Waals surface area (Å²) < 4.78 is 24.1. The molecule has 124 valence electrons. The minimum absolute atomic E-state index is 0. The van der Waals surface area contributed by atoms with Gasteiger partial charge in [0, 0.05) is 19.0 Å². The first-order valence-electron chi connectivity index (χ1n) is 7.36. The fraction of sp³-hybridized carbons (Fsp3) is 0.533. The fourth-order valence-corrected chi connectivity index (χ4v) is 3.79. The number of nitrogens with one attached hydrogen (secondary N) is 2. The Balaban J connectivity index is 0.00000242. The van der Waals surface area contributed by atoms with Crippen molar-refractivity contribution in [1.82, 2.24) is 10.6 Å². The molecule has 1 aromatic carbocycles. The van der Waals surface area contributed by atoms with Crippen molar-refractivity contribution >= 4 is 28.2 Å². The van der Waals surface area contributed by atoms with Gasteiger partial charge in [-0.2, -0.15) is 0 Å². The second-order valence-electron chi connectivity index (χ2n) is 5.33. The van der Waals surface area contributed by atoms with Gasteiger partial charge in [0.2, 0.25) is 5.91 Å². The fourth-order valence-electron chi connectivity index (χ4n) is 2.46. The van der Waals surface area contributed by atoms with Gasteiger partial charge in [0.05, 0.1) is 10.6 Å². The number of rotatable bonds is 7. The summed E-state index contributed by atoms with van der Waals surface area (Å²) >= 11 is 0. The van der Waals surface area contributed by atoms with Crippen molar-refractivity contribution in [3.63, 3.8) is 0 Å². The second kappa shape index (κ2) is 9.12. The Bertz CT molecular complexity index is 557. The van der Waals surface area contributed by atoms with Crippen LogP contribution in [0.1, 0.15) is 25.7 Å². The van der Waals surface area contributed by atoms with Gasteiger partial charge in [0.1, 0.15) is 0 Å². The quantitative estimate of drug-likeness (QED) is 0.734. The lowest BCUT2D eigenvalue weighted by atomic mass is 10.1. The average Bonchev–Trinajstić information content (AvgIpc) is 2.97. The number of carbonyl (C=O) groups excluding carboxylic acids is 1. The first-order valence-corrected chi connectivity index (χ1v) is 9.01. The monoisotopic (exact) mass is 346 g/mol. The molecule has 5 nitrogen and oxygen atoms in total. The summed E-state index contributed by atoms with van der Waals surface area (Å²) in [5.41, 5.74) is 0. The predicted molar refractivity (Wildman–Crippen MR) is 89.0 cm³/mol. The second-order valence-corrected chi connectivity index (χ2v) is 7.44. The van der Waals surface area contributed by atoms with Crippen LogP contribution in [0.4, 0.5) is 0 Å². The number of halogens is 1. The molecule has 1 aromatic rings. The molecule has 22 heavy (non-hydrogen) atoms. The molecule has 2 N–H and O–H groups in total. The number of hydrogen-bond donors (Lipinski definition) is 2. The first kappa shape index (κ1) is 18.9. The van der Waals surface area contributed by atoms with Gasteiger partial charge in [0.15, 0.2) is 9.84 Å². The molecule has 1 amide bonds. The normalized spacial score (nSPS) is 17.7. The maximum atomic E-state index is 12.0. The molecule has 1 unspecified atom stereocenters. The van der Waals surface area contributed by atoms with Crippen LogP contribution in [0.25, 0.3) is 0 Å². The van der Waals surface area contributed by atoms with Crippen LogP contribution >= 0.6 is 12.4 Å². The van der Waals surface area contributed by atoms with E-state index >= 15 is 0 Å². The Morgan fingerprint density at radius 1 is 1.27 bits per heavy atom. The summed E-state index contributed by atoms with van der Waals surface area (Å²) in [5.74, 6) is 0.0467. The summed E-state index contributed by atoms with van der Waals surface area (Å²) in [4.78, 5) is 12.0. The van der Waals surface area contributed by atoms with Crippen molar-refractivity contribution in [2.24, 2.45) is 0 Å². The summed E-state index contributed by atoms with van der Waals surface area (Å²) in [6, 6.07) is 8.68. The minimum Gasteiger partial charge on any atom is -0.356 e. The number of hydrogen-bond acceptors (Lipinski definition) is 4. The highest BCUT2D eigenvalue weighted by molar-refractivity contribution is 7.91. The molecule has 1 atom stereocenters. The molecule has 1 aliphatic heterocycles. The van der Waals surface area contributed by atoms with Gasteiger partial charge in [0.25, 0.3) is 0 Å². The van der Waals surface area contributed by atoms with E-state index < -0.39 is 9.84 Å². The van der Waals surface area contributed by atoms with Crippen LogP contribution in [-0.4, -0.2) is 39.2 Å². The summed E-state index contributed by atoms with van der Waals surface area (Å²) in [6.07, 6.45) is 3.07.